The molecule has 0 atom stereocenters. The average Bonchev–Trinajstić information content (AvgIpc) is 2.75. The second-order valence-corrected chi connectivity index (χ2v) is 7.01. The number of rotatable bonds is 5. The number of aromatic nitrogens is 1. The maximum absolute atomic E-state index is 10.1. The van der Waals surface area contributed by atoms with Crippen LogP contribution in [0.15, 0.2) is 18.2 Å². The van der Waals surface area contributed by atoms with Gasteiger partial charge in [0.1, 0.15) is 5.75 Å². The molecule has 0 bridgehead atoms. The predicted octanol–water partition coefficient (Wildman–Crippen LogP) is 3.92. The molecule has 1 N–H and O–H groups in total. The van der Waals surface area contributed by atoms with Crippen molar-refractivity contribution in [2.75, 3.05) is 6.61 Å². The van der Waals surface area contributed by atoms with E-state index in [1.807, 2.05) is 13.0 Å². The lowest BCUT2D eigenvalue weighted by Crippen LogP contribution is -2.14. The third kappa shape index (κ3) is 4.05. The molecule has 1 aromatic heterocycles. The van der Waals surface area contributed by atoms with Crippen molar-refractivity contribution in [3.05, 3.63) is 44.9 Å². The van der Waals surface area contributed by atoms with Crippen molar-refractivity contribution in [3.63, 3.8) is 0 Å². The van der Waals surface area contributed by atoms with Crippen LogP contribution in [-0.2, 0) is 12.0 Å². The van der Waals surface area contributed by atoms with E-state index in [0.29, 0.717) is 6.61 Å². The van der Waals surface area contributed by atoms with E-state index in [0.717, 1.165) is 27.7 Å². The Hall–Kier alpha value is -1.39. The van der Waals surface area contributed by atoms with Gasteiger partial charge in [-0.05, 0) is 57.9 Å². The summed E-state index contributed by atoms with van der Waals surface area (Å²) in [5, 5.41) is 11.1. The van der Waals surface area contributed by atoms with E-state index in [1.165, 1.54) is 11.1 Å². The molecule has 0 spiro atoms. The van der Waals surface area contributed by atoms with Gasteiger partial charge in [0.05, 0.1) is 27.8 Å². The fourth-order valence-electron chi connectivity index (χ4n) is 2.19. The SMILES string of the molecule is Cc1ccc(OCCc2nc(C)c(C(C)(C)O)s2)cc1C. The normalized spacial score (nSPS) is 11.7. The van der Waals surface area contributed by atoms with Crippen LogP contribution in [0.5, 0.6) is 5.75 Å². The minimum absolute atomic E-state index is 0.598. The molecule has 0 aliphatic rings. The lowest BCUT2D eigenvalue weighted by molar-refractivity contribution is 0.0817. The van der Waals surface area contributed by atoms with Gasteiger partial charge >= 0.3 is 0 Å². The van der Waals surface area contributed by atoms with Crippen LogP contribution >= 0.6 is 11.3 Å². The second kappa shape index (κ2) is 6.16. The molecule has 1 heterocycles. The first-order chi connectivity index (χ1) is 9.77. The molecule has 0 aliphatic heterocycles. The fourth-order valence-corrected chi connectivity index (χ4v) is 3.23. The zero-order chi connectivity index (χ0) is 15.6. The summed E-state index contributed by atoms with van der Waals surface area (Å²) in [6.07, 6.45) is 0.758. The van der Waals surface area contributed by atoms with Crippen molar-refractivity contribution in [1.29, 1.82) is 0 Å². The van der Waals surface area contributed by atoms with Crippen LogP contribution in [0.2, 0.25) is 0 Å². The Morgan fingerprint density at radius 2 is 1.90 bits per heavy atom. The number of nitrogens with zero attached hydrogens (tertiary/aromatic N) is 1. The third-order valence-corrected chi connectivity index (χ3v) is 4.99. The van der Waals surface area contributed by atoms with Crippen LogP contribution in [0.25, 0.3) is 0 Å². The number of aryl methyl sites for hydroxylation is 3. The Kier molecular flexibility index (Phi) is 4.69. The van der Waals surface area contributed by atoms with E-state index in [9.17, 15) is 5.11 Å². The number of ether oxygens (including phenoxy) is 1. The first kappa shape index (κ1) is 16.0. The van der Waals surface area contributed by atoms with Crippen molar-refractivity contribution < 1.29 is 9.84 Å². The van der Waals surface area contributed by atoms with Gasteiger partial charge in [0.15, 0.2) is 0 Å². The first-order valence-electron chi connectivity index (χ1n) is 7.16. The van der Waals surface area contributed by atoms with Gasteiger partial charge in [0, 0.05) is 6.42 Å². The molecular weight excluding hydrogens is 282 g/mol. The summed E-state index contributed by atoms with van der Waals surface area (Å²) in [5.74, 6) is 0.897. The van der Waals surface area contributed by atoms with Gasteiger partial charge in [-0.15, -0.1) is 11.3 Å². The molecule has 2 rings (SSSR count). The van der Waals surface area contributed by atoms with Gasteiger partial charge in [-0.25, -0.2) is 4.98 Å². The number of benzene rings is 1. The van der Waals surface area contributed by atoms with Gasteiger partial charge in [0.25, 0.3) is 0 Å². The molecule has 0 radical (unpaired) electrons. The Labute approximate surface area is 130 Å². The van der Waals surface area contributed by atoms with Crippen molar-refractivity contribution in [1.82, 2.24) is 4.98 Å². The Morgan fingerprint density at radius 1 is 1.19 bits per heavy atom. The molecule has 0 saturated carbocycles. The first-order valence-corrected chi connectivity index (χ1v) is 7.98. The van der Waals surface area contributed by atoms with E-state index >= 15 is 0 Å². The Balaban J connectivity index is 1.96. The zero-order valence-corrected chi connectivity index (χ0v) is 14.2. The average molecular weight is 305 g/mol. The van der Waals surface area contributed by atoms with Crippen LogP contribution < -0.4 is 4.74 Å². The molecule has 0 saturated heterocycles. The summed E-state index contributed by atoms with van der Waals surface area (Å²) in [5.41, 5.74) is 2.60. The highest BCUT2D eigenvalue weighted by molar-refractivity contribution is 7.11. The van der Waals surface area contributed by atoms with E-state index < -0.39 is 5.60 Å². The lowest BCUT2D eigenvalue weighted by atomic mass is 10.1. The molecule has 0 unspecified atom stereocenters. The van der Waals surface area contributed by atoms with E-state index in [-0.39, 0.29) is 0 Å². The van der Waals surface area contributed by atoms with Crippen LogP contribution in [0.3, 0.4) is 0 Å². The highest BCUT2D eigenvalue weighted by Crippen LogP contribution is 2.29. The third-order valence-electron chi connectivity index (χ3n) is 3.46. The van der Waals surface area contributed by atoms with Gasteiger partial charge in [-0.3, -0.25) is 0 Å². The largest absolute Gasteiger partial charge is 0.493 e. The summed E-state index contributed by atoms with van der Waals surface area (Å²) in [4.78, 5) is 5.45. The van der Waals surface area contributed by atoms with Gasteiger partial charge in [0.2, 0.25) is 0 Å². The van der Waals surface area contributed by atoms with Gasteiger partial charge in [-0.2, -0.15) is 0 Å². The van der Waals surface area contributed by atoms with Crippen LogP contribution in [0.1, 0.15) is 40.6 Å². The molecule has 0 fully saturated rings. The number of aliphatic hydroxyl groups is 1. The summed E-state index contributed by atoms with van der Waals surface area (Å²) in [6.45, 7) is 10.3. The summed E-state index contributed by atoms with van der Waals surface area (Å²) < 4.78 is 5.78. The molecule has 0 aliphatic carbocycles. The lowest BCUT2D eigenvalue weighted by Gasteiger charge is -2.15. The van der Waals surface area contributed by atoms with Crippen molar-refractivity contribution in [2.24, 2.45) is 0 Å². The topological polar surface area (TPSA) is 42.4 Å². The smallest absolute Gasteiger partial charge is 0.119 e. The summed E-state index contributed by atoms with van der Waals surface area (Å²) >= 11 is 1.57. The van der Waals surface area contributed by atoms with Gasteiger partial charge in [-0.1, -0.05) is 6.07 Å². The molecule has 1 aromatic carbocycles. The van der Waals surface area contributed by atoms with Crippen LogP contribution in [-0.4, -0.2) is 16.7 Å². The minimum atomic E-state index is -0.824. The Morgan fingerprint density at radius 3 is 2.48 bits per heavy atom. The molecule has 0 amide bonds. The molecule has 114 valence electrons. The van der Waals surface area contributed by atoms with Crippen molar-refractivity contribution in [2.45, 2.75) is 46.6 Å². The van der Waals surface area contributed by atoms with Crippen molar-refractivity contribution >= 4 is 11.3 Å². The maximum Gasteiger partial charge on any atom is 0.119 e. The highest BCUT2D eigenvalue weighted by Gasteiger charge is 2.22. The molecule has 2 aromatic rings. The predicted molar refractivity (Wildman–Crippen MR) is 87.2 cm³/mol. The monoisotopic (exact) mass is 305 g/mol. The van der Waals surface area contributed by atoms with Crippen LogP contribution in [0, 0.1) is 20.8 Å². The van der Waals surface area contributed by atoms with Crippen LogP contribution in [0.4, 0.5) is 0 Å². The highest BCUT2D eigenvalue weighted by atomic mass is 32.1. The quantitative estimate of drug-likeness (QED) is 0.910. The molecular formula is C17H23NO2S. The van der Waals surface area contributed by atoms with E-state index in [2.05, 4.69) is 31.0 Å². The molecule has 3 nitrogen and oxygen atoms in total. The molecule has 4 heteroatoms. The van der Waals surface area contributed by atoms with Gasteiger partial charge < -0.3 is 9.84 Å². The summed E-state index contributed by atoms with van der Waals surface area (Å²) in [7, 11) is 0. The second-order valence-electron chi connectivity index (χ2n) is 5.93. The van der Waals surface area contributed by atoms with Crippen molar-refractivity contribution in [3.8, 4) is 5.75 Å². The molecule has 21 heavy (non-hydrogen) atoms. The minimum Gasteiger partial charge on any atom is -0.493 e. The van der Waals surface area contributed by atoms with E-state index in [4.69, 9.17) is 4.74 Å². The number of hydrogen-bond donors (Lipinski definition) is 1. The van der Waals surface area contributed by atoms with E-state index in [1.54, 1.807) is 25.2 Å². The number of thiazole rings is 1. The number of hydrogen-bond acceptors (Lipinski definition) is 4. The summed E-state index contributed by atoms with van der Waals surface area (Å²) in [6, 6.07) is 6.13. The fraction of sp³-hybridized carbons (Fsp3) is 0.471. The maximum atomic E-state index is 10.1. The zero-order valence-electron chi connectivity index (χ0n) is 13.4. The standard InChI is InChI=1S/C17H23NO2S/c1-11-6-7-14(10-12(11)2)20-9-8-15-18-13(3)16(21-15)17(4,5)19/h6-7,10,19H,8-9H2,1-5H3. The Bertz CT molecular complexity index is 626.